The summed E-state index contributed by atoms with van der Waals surface area (Å²) < 4.78 is 56.4. The Morgan fingerprint density at radius 1 is 1.24 bits per heavy atom. The molecule has 1 aromatic carbocycles. The van der Waals surface area contributed by atoms with E-state index in [2.05, 4.69) is 10.2 Å². The first-order valence-electron chi connectivity index (χ1n) is 3.92. The molecule has 0 spiro atoms. The maximum absolute atomic E-state index is 11.2. The molecule has 0 aliphatic heterocycles. The van der Waals surface area contributed by atoms with Gasteiger partial charge in [0.1, 0.15) is 4.90 Å². The minimum absolute atomic E-state index is 0.0978. The lowest BCUT2D eigenvalue weighted by Crippen LogP contribution is -2.13. The Morgan fingerprint density at radius 3 is 2.24 bits per heavy atom. The van der Waals surface area contributed by atoms with E-state index in [1.165, 1.54) is 0 Å². The lowest BCUT2D eigenvalue weighted by atomic mass is 10.2. The number of hydrogen-bond acceptors (Lipinski definition) is 7. The average molecular weight is 281 g/mol. The van der Waals surface area contributed by atoms with Crippen LogP contribution in [0, 0.1) is 0 Å². The van der Waals surface area contributed by atoms with E-state index in [1.807, 2.05) is 0 Å². The molecular formula is C7H7NO7S2. The summed E-state index contributed by atoms with van der Waals surface area (Å²) in [5, 5.41) is 0. The molecule has 3 N–H and O–H groups in total. The number of nitrogens with two attached hydrogens (primary N) is 1. The van der Waals surface area contributed by atoms with Gasteiger partial charge in [-0.1, -0.05) is 0 Å². The topological polar surface area (TPSA) is 141 Å². The minimum Gasteiger partial charge on any atom is -0.298 e. The standard InChI is InChI=1S/C7H7NO7S2/c8-15-17(13,14)7-2-1-6(16(10,11)12)3-5(7)4-9/h1-4H,8H2,(H,10,11,12). The van der Waals surface area contributed by atoms with Gasteiger partial charge in [-0.2, -0.15) is 27.0 Å². The van der Waals surface area contributed by atoms with Crippen LogP contribution < -0.4 is 5.90 Å². The van der Waals surface area contributed by atoms with Crippen LogP contribution in [-0.4, -0.2) is 27.7 Å². The van der Waals surface area contributed by atoms with Crippen molar-refractivity contribution < 1.29 is 30.5 Å². The van der Waals surface area contributed by atoms with E-state index in [-0.39, 0.29) is 6.29 Å². The zero-order valence-corrected chi connectivity index (χ0v) is 9.73. The zero-order valence-electron chi connectivity index (χ0n) is 8.10. The molecule has 0 aliphatic rings. The van der Waals surface area contributed by atoms with Crippen molar-refractivity contribution in [1.82, 2.24) is 0 Å². The monoisotopic (exact) mass is 281 g/mol. The van der Waals surface area contributed by atoms with Crippen LogP contribution in [0.5, 0.6) is 0 Å². The first kappa shape index (κ1) is 13.7. The SMILES string of the molecule is NOS(=O)(=O)c1ccc(S(=O)(=O)O)cc1C=O. The fraction of sp³-hybridized carbons (Fsp3) is 0. The quantitative estimate of drug-likeness (QED) is 0.420. The highest BCUT2D eigenvalue weighted by Crippen LogP contribution is 2.19. The highest BCUT2D eigenvalue weighted by atomic mass is 32.2. The third kappa shape index (κ3) is 2.87. The Balaban J connectivity index is 3.55. The minimum atomic E-state index is -4.53. The van der Waals surface area contributed by atoms with Gasteiger partial charge in [0.15, 0.2) is 6.29 Å². The van der Waals surface area contributed by atoms with Gasteiger partial charge in [-0.05, 0) is 18.2 Å². The molecule has 0 bridgehead atoms. The van der Waals surface area contributed by atoms with Crippen LogP contribution >= 0.6 is 0 Å². The van der Waals surface area contributed by atoms with Crippen molar-refractivity contribution in [1.29, 1.82) is 0 Å². The number of carbonyl (C=O) groups excluding carboxylic acids is 1. The molecule has 0 unspecified atom stereocenters. The Kier molecular flexibility index (Phi) is 3.64. The second-order valence-electron chi connectivity index (χ2n) is 2.84. The Labute approximate surface area is 96.8 Å². The highest BCUT2D eigenvalue weighted by molar-refractivity contribution is 7.87. The van der Waals surface area contributed by atoms with Crippen molar-refractivity contribution in [3.05, 3.63) is 23.8 Å². The van der Waals surface area contributed by atoms with Crippen LogP contribution in [0.15, 0.2) is 28.0 Å². The Hall–Kier alpha value is -1.33. The van der Waals surface area contributed by atoms with Gasteiger partial charge in [-0.15, -0.1) is 0 Å². The molecule has 94 valence electrons. The highest BCUT2D eigenvalue weighted by Gasteiger charge is 2.21. The maximum atomic E-state index is 11.2. The molecule has 0 radical (unpaired) electrons. The molecule has 8 nitrogen and oxygen atoms in total. The molecule has 1 rings (SSSR count). The summed E-state index contributed by atoms with van der Waals surface area (Å²) in [6.45, 7) is 0. The number of rotatable bonds is 4. The summed E-state index contributed by atoms with van der Waals surface area (Å²) in [6, 6.07) is 2.28. The van der Waals surface area contributed by atoms with Crippen molar-refractivity contribution in [2.45, 2.75) is 9.79 Å². The Morgan fingerprint density at radius 2 is 1.82 bits per heavy atom. The smallest absolute Gasteiger partial charge is 0.298 e. The summed E-state index contributed by atoms with van der Waals surface area (Å²) >= 11 is 0. The van der Waals surface area contributed by atoms with Gasteiger partial charge in [0, 0.05) is 5.56 Å². The largest absolute Gasteiger partial charge is 0.313 e. The predicted octanol–water partition coefficient (Wildman–Crippen LogP) is -0.675. The number of aldehydes is 1. The predicted molar refractivity (Wildman–Crippen MR) is 54.1 cm³/mol. The van der Waals surface area contributed by atoms with E-state index in [0.717, 1.165) is 12.1 Å². The summed E-state index contributed by atoms with van der Waals surface area (Å²) in [7, 11) is -8.86. The molecule has 0 fully saturated rings. The fourth-order valence-corrected chi connectivity index (χ4v) is 2.31. The Bertz CT molecular complexity index is 647. The van der Waals surface area contributed by atoms with Gasteiger partial charge in [0.25, 0.3) is 10.1 Å². The van der Waals surface area contributed by atoms with Crippen molar-refractivity contribution in [3.63, 3.8) is 0 Å². The molecule has 10 heteroatoms. The average Bonchev–Trinajstić information content (AvgIpc) is 2.27. The number of benzene rings is 1. The van der Waals surface area contributed by atoms with Gasteiger partial charge in [-0.3, -0.25) is 9.35 Å². The van der Waals surface area contributed by atoms with Crippen LogP contribution in [0.2, 0.25) is 0 Å². The first-order chi connectivity index (χ1) is 7.72. The van der Waals surface area contributed by atoms with Gasteiger partial charge >= 0.3 is 10.1 Å². The van der Waals surface area contributed by atoms with Crippen LogP contribution in [0.1, 0.15) is 10.4 Å². The van der Waals surface area contributed by atoms with Crippen molar-refractivity contribution in [3.8, 4) is 0 Å². The number of carbonyl (C=O) groups is 1. The van der Waals surface area contributed by atoms with E-state index in [1.54, 1.807) is 0 Å². The van der Waals surface area contributed by atoms with E-state index in [4.69, 9.17) is 4.55 Å². The van der Waals surface area contributed by atoms with E-state index < -0.39 is 35.6 Å². The van der Waals surface area contributed by atoms with Crippen LogP contribution in [0.25, 0.3) is 0 Å². The molecule has 1 aromatic rings. The summed E-state index contributed by atoms with van der Waals surface area (Å²) in [4.78, 5) is 9.42. The molecule has 0 aromatic heterocycles. The maximum Gasteiger partial charge on any atom is 0.313 e. The summed E-state index contributed by atoms with van der Waals surface area (Å²) in [5.41, 5.74) is -0.495. The lowest BCUT2D eigenvalue weighted by molar-refractivity contribution is 0.112. The van der Waals surface area contributed by atoms with E-state index in [0.29, 0.717) is 6.07 Å². The molecule has 0 saturated heterocycles. The third-order valence-electron chi connectivity index (χ3n) is 1.80. The summed E-state index contributed by atoms with van der Waals surface area (Å²) in [6.07, 6.45) is 0.0978. The van der Waals surface area contributed by atoms with Crippen LogP contribution in [0.4, 0.5) is 0 Å². The molecule has 0 heterocycles. The van der Waals surface area contributed by atoms with Crippen molar-refractivity contribution in [2.75, 3.05) is 0 Å². The normalized spacial score (nSPS) is 12.4. The van der Waals surface area contributed by atoms with Gasteiger partial charge in [-0.25, -0.2) is 0 Å². The fourth-order valence-electron chi connectivity index (χ4n) is 1.06. The van der Waals surface area contributed by atoms with Gasteiger partial charge < -0.3 is 0 Å². The zero-order chi connectivity index (χ0) is 13.3. The van der Waals surface area contributed by atoms with Gasteiger partial charge in [0.05, 0.1) is 4.90 Å². The second kappa shape index (κ2) is 4.50. The third-order valence-corrected chi connectivity index (χ3v) is 3.82. The molecule has 0 atom stereocenters. The first-order valence-corrected chi connectivity index (χ1v) is 6.77. The summed E-state index contributed by atoms with van der Waals surface area (Å²) in [5.74, 6) is 4.51. The van der Waals surface area contributed by atoms with E-state index in [9.17, 15) is 21.6 Å². The lowest BCUT2D eigenvalue weighted by Gasteiger charge is -2.05. The number of hydrogen-bond donors (Lipinski definition) is 2. The van der Waals surface area contributed by atoms with Crippen LogP contribution in [0.3, 0.4) is 0 Å². The van der Waals surface area contributed by atoms with Crippen LogP contribution in [-0.2, 0) is 24.5 Å². The van der Waals surface area contributed by atoms with Crippen molar-refractivity contribution >= 4 is 26.5 Å². The second-order valence-corrected chi connectivity index (χ2v) is 5.80. The molecule has 0 saturated carbocycles. The molecule has 0 amide bonds. The van der Waals surface area contributed by atoms with E-state index >= 15 is 0 Å². The van der Waals surface area contributed by atoms with Gasteiger partial charge in [0.2, 0.25) is 0 Å². The molecule has 17 heavy (non-hydrogen) atoms. The van der Waals surface area contributed by atoms with Crippen molar-refractivity contribution in [2.24, 2.45) is 5.90 Å². The molecule has 0 aliphatic carbocycles. The molecular weight excluding hydrogens is 274 g/mol.